The molecular formula is C22H18FN3O4S2. The number of carbonyl (C=O) groups excluding carboxylic acids is 1. The topological polar surface area (TPSA) is 89.5 Å². The fourth-order valence-electron chi connectivity index (χ4n) is 3.02. The lowest BCUT2D eigenvalue weighted by Crippen LogP contribution is -2.35. The number of aromatic nitrogens is 2. The third-order valence-corrected chi connectivity index (χ3v) is 7.31. The fourth-order valence-corrected chi connectivity index (χ4v) is 5.23. The van der Waals surface area contributed by atoms with Crippen LogP contribution in [0.4, 0.5) is 9.52 Å². The summed E-state index contributed by atoms with van der Waals surface area (Å²) in [5.41, 5.74) is 1.24. The summed E-state index contributed by atoms with van der Waals surface area (Å²) in [5.74, 6) is -1.36. The summed E-state index contributed by atoms with van der Waals surface area (Å²) >= 11 is 1.25. The normalized spacial score (nSPS) is 11.4. The zero-order chi connectivity index (χ0) is 22.7. The minimum atomic E-state index is -3.98. The Morgan fingerprint density at radius 2 is 1.91 bits per heavy atom. The van der Waals surface area contributed by atoms with Crippen LogP contribution < -0.4 is 9.64 Å². The summed E-state index contributed by atoms with van der Waals surface area (Å²) in [6.07, 6.45) is 1.59. The lowest BCUT2D eigenvalue weighted by atomic mass is 10.3. The Hall–Kier alpha value is -3.37. The first-order valence-corrected chi connectivity index (χ1v) is 12.0. The van der Waals surface area contributed by atoms with Crippen molar-refractivity contribution in [3.63, 3.8) is 0 Å². The minimum Gasteiger partial charge on any atom is -0.497 e. The first-order chi connectivity index (χ1) is 15.4. The van der Waals surface area contributed by atoms with Gasteiger partial charge >= 0.3 is 0 Å². The van der Waals surface area contributed by atoms with Crippen LogP contribution in [0, 0.1) is 5.82 Å². The third-order valence-electron chi connectivity index (χ3n) is 4.65. The van der Waals surface area contributed by atoms with Crippen LogP contribution in [0.15, 0.2) is 71.8 Å². The molecule has 2 heterocycles. The highest BCUT2D eigenvalue weighted by atomic mass is 32.2. The van der Waals surface area contributed by atoms with Gasteiger partial charge in [-0.15, -0.1) is 0 Å². The van der Waals surface area contributed by atoms with Crippen molar-refractivity contribution in [2.45, 2.75) is 11.4 Å². The molecule has 0 saturated heterocycles. The number of benzene rings is 2. The number of hydrogen-bond acceptors (Lipinski definition) is 7. The zero-order valence-electron chi connectivity index (χ0n) is 16.9. The van der Waals surface area contributed by atoms with E-state index < -0.39 is 27.3 Å². The van der Waals surface area contributed by atoms with Crippen LogP contribution in [0.2, 0.25) is 0 Å². The molecule has 0 unspecified atom stereocenters. The third kappa shape index (κ3) is 4.76. The fraction of sp³-hybridized carbons (Fsp3) is 0.136. The molecule has 4 aromatic rings. The molecule has 164 valence electrons. The van der Waals surface area contributed by atoms with Gasteiger partial charge in [0.1, 0.15) is 17.3 Å². The van der Waals surface area contributed by atoms with Gasteiger partial charge in [0.15, 0.2) is 15.0 Å². The highest BCUT2D eigenvalue weighted by Crippen LogP contribution is 2.32. The highest BCUT2D eigenvalue weighted by Gasteiger charge is 2.27. The van der Waals surface area contributed by atoms with Crippen LogP contribution in [0.25, 0.3) is 10.2 Å². The molecule has 0 bridgehead atoms. The molecule has 7 nitrogen and oxygen atoms in total. The molecule has 0 N–H and O–H groups in total. The maximum atomic E-state index is 13.2. The zero-order valence-corrected chi connectivity index (χ0v) is 18.6. The summed E-state index contributed by atoms with van der Waals surface area (Å²) in [4.78, 5) is 23.1. The second kappa shape index (κ2) is 9.01. The van der Waals surface area contributed by atoms with Crippen molar-refractivity contribution in [1.82, 2.24) is 9.97 Å². The number of halogens is 1. The Labute approximate surface area is 188 Å². The average Bonchev–Trinajstić information content (AvgIpc) is 3.21. The summed E-state index contributed by atoms with van der Waals surface area (Å²) in [7, 11) is -2.43. The van der Waals surface area contributed by atoms with Gasteiger partial charge in [0, 0.05) is 6.20 Å². The van der Waals surface area contributed by atoms with Crippen LogP contribution in [0.1, 0.15) is 5.69 Å². The first-order valence-electron chi connectivity index (χ1n) is 9.49. The van der Waals surface area contributed by atoms with E-state index >= 15 is 0 Å². The predicted octanol–water partition coefficient (Wildman–Crippen LogP) is 3.85. The molecule has 0 atom stereocenters. The largest absolute Gasteiger partial charge is 0.497 e. The number of carbonyl (C=O) groups is 1. The molecular weight excluding hydrogens is 453 g/mol. The van der Waals surface area contributed by atoms with Crippen molar-refractivity contribution in [1.29, 1.82) is 0 Å². The van der Waals surface area contributed by atoms with E-state index in [-0.39, 0.29) is 11.4 Å². The summed E-state index contributed by atoms with van der Waals surface area (Å²) in [6, 6.07) is 15.0. The smallest absolute Gasteiger partial charge is 0.244 e. The van der Waals surface area contributed by atoms with E-state index in [0.29, 0.717) is 22.1 Å². The van der Waals surface area contributed by atoms with Crippen LogP contribution in [-0.2, 0) is 21.2 Å². The van der Waals surface area contributed by atoms with Crippen LogP contribution in [-0.4, -0.2) is 37.2 Å². The Bertz CT molecular complexity index is 1360. The number of rotatable bonds is 7. The molecule has 0 aliphatic rings. The van der Waals surface area contributed by atoms with E-state index in [1.54, 1.807) is 49.7 Å². The number of amides is 1. The number of fused-ring (bicyclic) bond motifs is 1. The Morgan fingerprint density at radius 1 is 1.12 bits per heavy atom. The minimum absolute atomic E-state index is 0.0512. The van der Waals surface area contributed by atoms with Gasteiger partial charge in [-0.1, -0.05) is 17.4 Å². The second-order valence-corrected chi connectivity index (χ2v) is 9.84. The number of ether oxygens (including phenoxy) is 1. The van der Waals surface area contributed by atoms with Crippen molar-refractivity contribution in [3.8, 4) is 5.75 Å². The lowest BCUT2D eigenvalue weighted by molar-refractivity contribution is -0.116. The number of methoxy groups -OCH3 is 1. The first kappa shape index (κ1) is 21.8. The van der Waals surface area contributed by atoms with Gasteiger partial charge in [0.05, 0.1) is 34.5 Å². The van der Waals surface area contributed by atoms with Gasteiger partial charge in [-0.2, -0.15) is 0 Å². The molecule has 0 saturated carbocycles. The van der Waals surface area contributed by atoms with Gasteiger partial charge in [-0.3, -0.25) is 14.7 Å². The summed E-state index contributed by atoms with van der Waals surface area (Å²) in [5, 5.41) is 0.346. The number of pyridine rings is 1. The number of nitrogens with zero attached hydrogens (tertiary/aromatic N) is 3. The van der Waals surface area contributed by atoms with Crippen LogP contribution >= 0.6 is 11.3 Å². The number of hydrogen-bond donors (Lipinski definition) is 0. The molecule has 2 aromatic heterocycles. The van der Waals surface area contributed by atoms with E-state index in [9.17, 15) is 17.6 Å². The average molecular weight is 472 g/mol. The molecule has 10 heteroatoms. The molecule has 0 aliphatic heterocycles. The van der Waals surface area contributed by atoms with Gasteiger partial charge < -0.3 is 4.74 Å². The van der Waals surface area contributed by atoms with Crippen molar-refractivity contribution in [2.24, 2.45) is 0 Å². The Kier molecular flexibility index (Phi) is 6.15. The SMILES string of the molecule is COc1ccc2nc(N(Cc3ccccn3)C(=O)CS(=O)(=O)c3ccc(F)cc3)sc2c1. The quantitative estimate of drug-likeness (QED) is 0.381. The molecule has 4 rings (SSSR count). The second-order valence-electron chi connectivity index (χ2n) is 6.84. The van der Waals surface area contributed by atoms with E-state index in [1.165, 1.54) is 16.2 Å². The summed E-state index contributed by atoms with van der Waals surface area (Å²) in [6.45, 7) is 0.0512. The molecule has 0 spiro atoms. The van der Waals surface area contributed by atoms with E-state index in [0.717, 1.165) is 29.0 Å². The highest BCUT2D eigenvalue weighted by molar-refractivity contribution is 7.92. The van der Waals surface area contributed by atoms with Crippen molar-refractivity contribution in [2.75, 3.05) is 17.8 Å². The monoisotopic (exact) mass is 471 g/mol. The number of anilines is 1. The number of sulfone groups is 1. The van der Waals surface area contributed by atoms with Crippen molar-refractivity contribution in [3.05, 3.63) is 78.4 Å². The maximum absolute atomic E-state index is 13.2. The molecule has 0 aliphatic carbocycles. The molecule has 0 radical (unpaired) electrons. The van der Waals surface area contributed by atoms with E-state index in [1.807, 2.05) is 0 Å². The van der Waals surface area contributed by atoms with Gasteiger partial charge in [-0.25, -0.2) is 17.8 Å². The standard InChI is InChI=1S/C22H18FN3O4S2/c1-30-17-7-10-19-20(12-17)31-22(25-19)26(13-16-4-2-3-11-24-16)21(27)14-32(28,29)18-8-5-15(23)6-9-18/h2-12H,13-14H2,1H3. The molecule has 1 amide bonds. The molecule has 0 fully saturated rings. The summed E-state index contributed by atoms with van der Waals surface area (Å²) < 4.78 is 44.8. The predicted molar refractivity (Wildman–Crippen MR) is 120 cm³/mol. The Morgan fingerprint density at radius 3 is 2.59 bits per heavy atom. The maximum Gasteiger partial charge on any atom is 0.244 e. The van der Waals surface area contributed by atoms with Gasteiger partial charge in [0.25, 0.3) is 0 Å². The van der Waals surface area contributed by atoms with Crippen molar-refractivity contribution < 1.29 is 22.3 Å². The van der Waals surface area contributed by atoms with E-state index in [2.05, 4.69) is 9.97 Å². The lowest BCUT2D eigenvalue weighted by Gasteiger charge is -2.19. The van der Waals surface area contributed by atoms with Gasteiger partial charge in [0.2, 0.25) is 5.91 Å². The van der Waals surface area contributed by atoms with Crippen molar-refractivity contribution >= 4 is 42.4 Å². The number of thiazole rings is 1. The molecule has 2 aromatic carbocycles. The van der Waals surface area contributed by atoms with Gasteiger partial charge in [-0.05, 0) is 54.6 Å². The van der Waals surface area contributed by atoms with Crippen LogP contribution in [0.3, 0.4) is 0 Å². The molecule has 32 heavy (non-hydrogen) atoms. The Balaban J connectivity index is 1.69. The van der Waals surface area contributed by atoms with Crippen LogP contribution in [0.5, 0.6) is 5.75 Å². The van der Waals surface area contributed by atoms with E-state index in [4.69, 9.17) is 4.74 Å².